The number of halogens is 1. The van der Waals surface area contributed by atoms with Gasteiger partial charge in [0.1, 0.15) is 5.75 Å². The number of rotatable bonds is 5. The Morgan fingerprint density at radius 2 is 2.20 bits per heavy atom. The van der Waals surface area contributed by atoms with Crippen LogP contribution < -0.4 is 10.1 Å². The highest BCUT2D eigenvalue weighted by Gasteiger charge is 2.09. The molecule has 0 bridgehead atoms. The predicted octanol–water partition coefficient (Wildman–Crippen LogP) is 3.41. The fraction of sp³-hybridized carbons (Fsp3) is 0.500. The molecule has 1 aromatic carbocycles. The van der Waals surface area contributed by atoms with E-state index in [1.54, 1.807) is 7.11 Å². The van der Waals surface area contributed by atoms with Crippen LogP contribution in [0.25, 0.3) is 0 Å². The maximum Gasteiger partial charge on any atom is 0.120 e. The summed E-state index contributed by atoms with van der Waals surface area (Å²) in [6, 6.07) is 6.07. The van der Waals surface area contributed by atoms with Crippen molar-refractivity contribution in [1.29, 1.82) is 0 Å². The number of ether oxygens (including phenoxy) is 1. The van der Waals surface area contributed by atoms with E-state index in [4.69, 9.17) is 16.3 Å². The van der Waals surface area contributed by atoms with Gasteiger partial charge in [0, 0.05) is 11.1 Å². The Bertz CT molecular complexity index is 314. The zero-order valence-electron chi connectivity index (χ0n) is 9.51. The van der Waals surface area contributed by atoms with Crippen molar-refractivity contribution in [3.05, 3.63) is 28.8 Å². The van der Waals surface area contributed by atoms with Crippen LogP contribution in [0.5, 0.6) is 5.75 Å². The molecule has 15 heavy (non-hydrogen) atoms. The Kier molecular flexibility index (Phi) is 4.92. The molecule has 0 heterocycles. The van der Waals surface area contributed by atoms with Gasteiger partial charge in [-0.05, 0) is 37.6 Å². The highest BCUT2D eigenvalue weighted by Crippen LogP contribution is 2.26. The summed E-state index contributed by atoms with van der Waals surface area (Å²) in [5.74, 6) is 0.798. The van der Waals surface area contributed by atoms with Gasteiger partial charge in [-0.25, -0.2) is 0 Å². The average molecular weight is 228 g/mol. The van der Waals surface area contributed by atoms with Gasteiger partial charge in [-0.3, -0.25) is 0 Å². The standard InChI is InChI=1S/C12H18ClNO/c1-4-7-14-9(2)11-6-5-10(15-3)8-12(11)13/h5-6,8-9,14H,4,7H2,1-3H3. The Labute approximate surface area is 96.6 Å². The van der Waals surface area contributed by atoms with Crippen molar-refractivity contribution in [3.8, 4) is 5.75 Å². The minimum Gasteiger partial charge on any atom is -0.497 e. The van der Waals surface area contributed by atoms with Crippen molar-refractivity contribution in [2.45, 2.75) is 26.3 Å². The van der Waals surface area contributed by atoms with Crippen molar-refractivity contribution in [1.82, 2.24) is 5.32 Å². The number of methoxy groups -OCH3 is 1. The molecule has 0 amide bonds. The highest BCUT2D eigenvalue weighted by atomic mass is 35.5. The Morgan fingerprint density at radius 3 is 2.73 bits per heavy atom. The van der Waals surface area contributed by atoms with Gasteiger partial charge >= 0.3 is 0 Å². The van der Waals surface area contributed by atoms with Crippen molar-refractivity contribution in [2.24, 2.45) is 0 Å². The lowest BCUT2D eigenvalue weighted by Gasteiger charge is -2.15. The van der Waals surface area contributed by atoms with Gasteiger partial charge in [-0.2, -0.15) is 0 Å². The molecule has 0 aliphatic heterocycles. The summed E-state index contributed by atoms with van der Waals surface area (Å²) in [6.07, 6.45) is 1.12. The lowest BCUT2D eigenvalue weighted by molar-refractivity contribution is 0.414. The monoisotopic (exact) mass is 227 g/mol. The van der Waals surface area contributed by atoms with E-state index in [0.29, 0.717) is 0 Å². The van der Waals surface area contributed by atoms with E-state index in [1.165, 1.54) is 0 Å². The van der Waals surface area contributed by atoms with Gasteiger partial charge < -0.3 is 10.1 Å². The molecular weight excluding hydrogens is 210 g/mol. The van der Waals surface area contributed by atoms with Gasteiger partial charge in [-0.15, -0.1) is 0 Å². The second kappa shape index (κ2) is 5.99. The minimum absolute atomic E-state index is 0.281. The van der Waals surface area contributed by atoms with Gasteiger partial charge in [0.05, 0.1) is 7.11 Å². The summed E-state index contributed by atoms with van der Waals surface area (Å²) in [6.45, 7) is 5.27. The van der Waals surface area contributed by atoms with Crippen LogP contribution in [0.4, 0.5) is 0 Å². The fourth-order valence-corrected chi connectivity index (χ4v) is 1.79. The maximum absolute atomic E-state index is 6.16. The van der Waals surface area contributed by atoms with Gasteiger partial charge in [0.2, 0.25) is 0 Å². The molecule has 0 aliphatic carbocycles. The Morgan fingerprint density at radius 1 is 1.47 bits per heavy atom. The summed E-state index contributed by atoms with van der Waals surface area (Å²) in [5, 5.41) is 4.16. The van der Waals surface area contributed by atoms with E-state index >= 15 is 0 Å². The van der Waals surface area contributed by atoms with Crippen molar-refractivity contribution >= 4 is 11.6 Å². The molecule has 0 aromatic heterocycles. The second-order valence-corrected chi connectivity index (χ2v) is 3.97. The first-order chi connectivity index (χ1) is 7.19. The summed E-state index contributed by atoms with van der Waals surface area (Å²) in [5.41, 5.74) is 1.12. The number of hydrogen-bond donors (Lipinski definition) is 1. The van der Waals surface area contributed by atoms with Crippen molar-refractivity contribution in [3.63, 3.8) is 0 Å². The molecule has 3 heteroatoms. The summed E-state index contributed by atoms with van der Waals surface area (Å²) >= 11 is 6.16. The van der Waals surface area contributed by atoms with E-state index in [1.807, 2.05) is 18.2 Å². The molecule has 2 nitrogen and oxygen atoms in total. The maximum atomic E-state index is 6.16. The number of nitrogens with one attached hydrogen (secondary N) is 1. The third kappa shape index (κ3) is 3.40. The third-order valence-electron chi connectivity index (χ3n) is 2.37. The van der Waals surface area contributed by atoms with Gasteiger partial charge in [-0.1, -0.05) is 24.6 Å². The average Bonchev–Trinajstić information content (AvgIpc) is 2.25. The SMILES string of the molecule is CCCNC(C)c1ccc(OC)cc1Cl. The smallest absolute Gasteiger partial charge is 0.120 e. The van der Waals surface area contributed by atoms with Crippen LogP contribution >= 0.6 is 11.6 Å². The van der Waals surface area contributed by atoms with Crippen LogP contribution in [-0.2, 0) is 0 Å². The number of benzene rings is 1. The number of hydrogen-bond acceptors (Lipinski definition) is 2. The molecule has 0 saturated heterocycles. The van der Waals surface area contributed by atoms with Crippen LogP contribution in [-0.4, -0.2) is 13.7 Å². The van der Waals surface area contributed by atoms with E-state index in [-0.39, 0.29) is 6.04 Å². The summed E-state index contributed by atoms with van der Waals surface area (Å²) in [7, 11) is 1.64. The molecular formula is C12H18ClNO. The molecule has 1 unspecified atom stereocenters. The molecule has 0 radical (unpaired) electrons. The molecule has 1 N–H and O–H groups in total. The fourth-order valence-electron chi connectivity index (χ4n) is 1.46. The lowest BCUT2D eigenvalue weighted by atomic mass is 10.1. The predicted molar refractivity (Wildman–Crippen MR) is 64.7 cm³/mol. The van der Waals surface area contributed by atoms with Crippen LogP contribution in [0.1, 0.15) is 31.9 Å². The van der Waals surface area contributed by atoms with Crippen LogP contribution in [0.2, 0.25) is 5.02 Å². The molecule has 0 spiro atoms. The summed E-state index contributed by atoms with van der Waals surface area (Å²) < 4.78 is 5.11. The minimum atomic E-state index is 0.281. The van der Waals surface area contributed by atoms with E-state index in [2.05, 4.69) is 19.2 Å². The highest BCUT2D eigenvalue weighted by molar-refractivity contribution is 6.31. The summed E-state index contributed by atoms with van der Waals surface area (Å²) in [4.78, 5) is 0. The quantitative estimate of drug-likeness (QED) is 0.833. The van der Waals surface area contributed by atoms with Crippen molar-refractivity contribution in [2.75, 3.05) is 13.7 Å². The molecule has 1 aromatic rings. The second-order valence-electron chi connectivity index (χ2n) is 3.56. The topological polar surface area (TPSA) is 21.3 Å². The Hall–Kier alpha value is -0.730. The van der Waals surface area contributed by atoms with Crippen molar-refractivity contribution < 1.29 is 4.74 Å². The van der Waals surface area contributed by atoms with Crippen LogP contribution in [0.3, 0.4) is 0 Å². The molecule has 84 valence electrons. The Balaban J connectivity index is 2.76. The van der Waals surface area contributed by atoms with Crippen LogP contribution in [0, 0.1) is 0 Å². The first-order valence-corrected chi connectivity index (χ1v) is 5.63. The molecule has 0 fully saturated rings. The first-order valence-electron chi connectivity index (χ1n) is 5.25. The van der Waals surface area contributed by atoms with E-state index in [9.17, 15) is 0 Å². The van der Waals surface area contributed by atoms with Gasteiger partial charge in [0.25, 0.3) is 0 Å². The van der Waals surface area contributed by atoms with E-state index in [0.717, 1.165) is 29.3 Å². The molecule has 1 rings (SSSR count). The first kappa shape index (κ1) is 12.3. The third-order valence-corrected chi connectivity index (χ3v) is 2.70. The van der Waals surface area contributed by atoms with Gasteiger partial charge in [0.15, 0.2) is 0 Å². The molecule has 1 atom stereocenters. The lowest BCUT2D eigenvalue weighted by Crippen LogP contribution is -2.19. The van der Waals surface area contributed by atoms with E-state index < -0.39 is 0 Å². The van der Waals surface area contributed by atoms with Crippen LogP contribution in [0.15, 0.2) is 18.2 Å². The zero-order valence-corrected chi connectivity index (χ0v) is 10.3. The normalized spacial score (nSPS) is 12.5. The largest absolute Gasteiger partial charge is 0.497 e. The molecule has 0 saturated carbocycles. The molecule has 0 aliphatic rings. The zero-order chi connectivity index (χ0) is 11.3.